The number of anilines is 2. The number of nitrogens with one attached hydrogen (secondary N) is 2. The molecule has 0 fully saturated rings. The molecule has 8 nitrogen and oxygen atoms in total. The van der Waals surface area contributed by atoms with Crippen LogP contribution in [0.15, 0.2) is 65.6 Å². The van der Waals surface area contributed by atoms with Gasteiger partial charge < -0.3 is 15.1 Å². The van der Waals surface area contributed by atoms with Gasteiger partial charge in [0.25, 0.3) is 5.91 Å². The van der Waals surface area contributed by atoms with Crippen molar-refractivity contribution in [2.45, 2.75) is 13.0 Å². The van der Waals surface area contributed by atoms with Gasteiger partial charge >= 0.3 is 0 Å². The summed E-state index contributed by atoms with van der Waals surface area (Å²) in [6, 6.07) is 13.0. The van der Waals surface area contributed by atoms with Crippen molar-refractivity contribution in [3.63, 3.8) is 0 Å². The van der Waals surface area contributed by atoms with Crippen LogP contribution in [-0.4, -0.2) is 26.6 Å². The first-order chi connectivity index (χ1) is 14.0. The van der Waals surface area contributed by atoms with E-state index in [0.29, 0.717) is 22.0 Å². The molecule has 0 aliphatic heterocycles. The molecular formula is C20H16ClN5O3. The van der Waals surface area contributed by atoms with Gasteiger partial charge in [-0.1, -0.05) is 11.6 Å². The third-order valence-corrected chi connectivity index (χ3v) is 4.56. The van der Waals surface area contributed by atoms with Gasteiger partial charge in [-0.15, -0.1) is 0 Å². The van der Waals surface area contributed by atoms with Crippen molar-refractivity contribution in [1.82, 2.24) is 14.8 Å². The van der Waals surface area contributed by atoms with Gasteiger partial charge in [-0.2, -0.15) is 5.10 Å². The summed E-state index contributed by atoms with van der Waals surface area (Å²) in [5, 5.41) is 10.8. The average Bonchev–Trinajstić information content (AvgIpc) is 3.38. The molecule has 0 radical (unpaired) electrons. The van der Waals surface area contributed by atoms with E-state index in [0.717, 1.165) is 5.39 Å². The van der Waals surface area contributed by atoms with Crippen LogP contribution in [0.5, 0.6) is 0 Å². The predicted octanol–water partition coefficient (Wildman–Crippen LogP) is 4.13. The fraction of sp³-hybridized carbons (Fsp3) is 0.100. The molecule has 4 aromatic rings. The van der Waals surface area contributed by atoms with E-state index in [-0.39, 0.29) is 17.6 Å². The van der Waals surface area contributed by atoms with Gasteiger partial charge in [-0.05, 0) is 55.5 Å². The number of halogens is 1. The highest BCUT2D eigenvalue weighted by atomic mass is 35.5. The fourth-order valence-corrected chi connectivity index (χ4v) is 2.92. The Morgan fingerprint density at radius 2 is 1.79 bits per heavy atom. The monoisotopic (exact) mass is 409 g/mol. The topological polar surface area (TPSA) is 102 Å². The third kappa shape index (κ3) is 4.12. The first kappa shape index (κ1) is 18.7. The lowest BCUT2D eigenvalue weighted by Crippen LogP contribution is -2.24. The van der Waals surface area contributed by atoms with Crippen molar-refractivity contribution in [1.29, 1.82) is 0 Å². The molecule has 0 saturated heterocycles. The summed E-state index contributed by atoms with van der Waals surface area (Å²) in [6.45, 7) is 1.72. The Labute approximate surface area is 170 Å². The molecule has 0 bridgehead atoms. The highest BCUT2D eigenvalue weighted by Crippen LogP contribution is 2.24. The molecule has 0 aliphatic carbocycles. The Hall–Kier alpha value is -3.65. The van der Waals surface area contributed by atoms with Gasteiger partial charge in [-0.3, -0.25) is 9.59 Å². The van der Waals surface area contributed by atoms with Crippen LogP contribution in [0.4, 0.5) is 11.4 Å². The number of furan rings is 1. The second-order valence-electron chi connectivity index (χ2n) is 6.36. The minimum atomic E-state index is -0.501. The van der Waals surface area contributed by atoms with Crippen LogP contribution in [0.25, 0.3) is 11.0 Å². The number of rotatable bonds is 5. The van der Waals surface area contributed by atoms with Crippen LogP contribution in [-0.2, 0) is 4.79 Å². The molecule has 2 N–H and O–H groups in total. The maximum atomic E-state index is 12.4. The van der Waals surface area contributed by atoms with Crippen LogP contribution in [0.3, 0.4) is 0 Å². The maximum absolute atomic E-state index is 12.4. The number of benzene rings is 2. The molecule has 2 aromatic carbocycles. The minimum Gasteiger partial charge on any atom is -0.451 e. The normalized spacial score (nSPS) is 11.9. The molecular weight excluding hydrogens is 394 g/mol. The molecule has 1 unspecified atom stereocenters. The first-order valence-corrected chi connectivity index (χ1v) is 9.13. The minimum absolute atomic E-state index is 0.182. The second-order valence-corrected chi connectivity index (χ2v) is 6.80. The van der Waals surface area contributed by atoms with Crippen molar-refractivity contribution in [2.75, 3.05) is 10.6 Å². The number of carbonyl (C=O) groups is 2. The van der Waals surface area contributed by atoms with Crippen LogP contribution in [0, 0.1) is 0 Å². The SMILES string of the molecule is CC(C(=O)Nc1ccc(NC(=O)c2cc3cc(Cl)ccc3o2)cc1)n1cncn1. The zero-order chi connectivity index (χ0) is 20.4. The maximum Gasteiger partial charge on any atom is 0.291 e. The zero-order valence-corrected chi connectivity index (χ0v) is 16.1. The van der Waals surface area contributed by atoms with Gasteiger partial charge in [0.05, 0.1) is 0 Å². The van der Waals surface area contributed by atoms with E-state index in [2.05, 4.69) is 20.7 Å². The molecule has 4 rings (SSSR count). The molecule has 0 spiro atoms. The second kappa shape index (κ2) is 7.76. The van der Waals surface area contributed by atoms with Crippen LogP contribution >= 0.6 is 11.6 Å². The molecule has 0 aliphatic rings. The Bertz CT molecular complexity index is 1170. The van der Waals surface area contributed by atoms with Crippen molar-refractivity contribution < 1.29 is 14.0 Å². The standard InChI is InChI=1S/C20H16ClN5O3/c1-12(26-11-22-10-23-26)19(27)24-15-3-5-16(6-4-15)25-20(28)18-9-13-8-14(21)2-7-17(13)29-18/h2-12H,1H3,(H,24,27)(H,25,28). The van der Waals surface area contributed by atoms with Gasteiger partial charge in [-0.25, -0.2) is 9.67 Å². The lowest BCUT2D eigenvalue weighted by Gasteiger charge is -2.12. The summed E-state index contributed by atoms with van der Waals surface area (Å²) in [4.78, 5) is 28.5. The summed E-state index contributed by atoms with van der Waals surface area (Å²) < 4.78 is 7.02. The van der Waals surface area contributed by atoms with E-state index in [1.165, 1.54) is 17.3 Å². The highest BCUT2D eigenvalue weighted by molar-refractivity contribution is 6.31. The number of fused-ring (bicyclic) bond motifs is 1. The summed E-state index contributed by atoms with van der Waals surface area (Å²) in [7, 11) is 0. The number of hydrogen-bond donors (Lipinski definition) is 2. The molecule has 2 heterocycles. The largest absolute Gasteiger partial charge is 0.451 e. The zero-order valence-electron chi connectivity index (χ0n) is 15.3. The lowest BCUT2D eigenvalue weighted by atomic mass is 10.2. The van der Waals surface area contributed by atoms with E-state index in [1.54, 1.807) is 55.5 Å². The van der Waals surface area contributed by atoms with Crippen molar-refractivity contribution >= 4 is 45.8 Å². The molecule has 9 heteroatoms. The van der Waals surface area contributed by atoms with E-state index < -0.39 is 6.04 Å². The number of hydrogen-bond acceptors (Lipinski definition) is 5. The smallest absolute Gasteiger partial charge is 0.291 e. The fourth-order valence-electron chi connectivity index (χ4n) is 2.74. The molecule has 2 aromatic heterocycles. The number of nitrogens with zero attached hydrogens (tertiary/aromatic N) is 3. The van der Waals surface area contributed by atoms with E-state index >= 15 is 0 Å². The van der Waals surface area contributed by atoms with Crippen LogP contribution in [0.2, 0.25) is 5.02 Å². The number of amides is 2. The Balaban J connectivity index is 1.40. The summed E-state index contributed by atoms with van der Waals surface area (Å²) in [5.74, 6) is -0.427. The predicted molar refractivity (Wildman–Crippen MR) is 109 cm³/mol. The first-order valence-electron chi connectivity index (χ1n) is 8.75. The van der Waals surface area contributed by atoms with Crippen LogP contribution in [0.1, 0.15) is 23.5 Å². The quantitative estimate of drug-likeness (QED) is 0.516. The van der Waals surface area contributed by atoms with Gasteiger partial charge in [0.1, 0.15) is 24.3 Å². The summed E-state index contributed by atoms with van der Waals surface area (Å²) >= 11 is 5.96. The molecule has 0 saturated carbocycles. The van der Waals surface area contributed by atoms with E-state index in [1.807, 2.05) is 0 Å². The van der Waals surface area contributed by atoms with Crippen molar-refractivity contribution in [2.24, 2.45) is 0 Å². The number of carbonyl (C=O) groups excluding carboxylic acids is 2. The van der Waals surface area contributed by atoms with Gasteiger partial charge in [0.2, 0.25) is 5.91 Å². The van der Waals surface area contributed by atoms with Crippen molar-refractivity contribution in [3.05, 3.63) is 72.0 Å². The summed E-state index contributed by atoms with van der Waals surface area (Å²) in [5.41, 5.74) is 1.74. The Morgan fingerprint density at radius 1 is 1.07 bits per heavy atom. The van der Waals surface area contributed by atoms with Crippen molar-refractivity contribution in [3.8, 4) is 0 Å². The Kier molecular flexibility index (Phi) is 5.01. The highest BCUT2D eigenvalue weighted by Gasteiger charge is 2.16. The van der Waals surface area contributed by atoms with E-state index in [4.69, 9.17) is 16.0 Å². The van der Waals surface area contributed by atoms with Gasteiger partial charge in [0.15, 0.2) is 5.76 Å². The lowest BCUT2D eigenvalue weighted by molar-refractivity contribution is -0.119. The average molecular weight is 410 g/mol. The third-order valence-electron chi connectivity index (χ3n) is 4.33. The molecule has 29 heavy (non-hydrogen) atoms. The van der Waals surface area contributed by atoms with Crippen LogP contribution < -0.4 is 10.6 Å². The molecule has 1 atom stereocenters. The summed E-state index contributed by atoms with van der Waals surface area (Å²) in [6.07, 6.45) is 2.85. The van der Waals surface area contributed by atoms with Gasteiger partial charge in [0, 0.05) is 21.8 Å². The Morgan fingerprint density at radius 3 is 2.48 bits per heavy atom. The number of aromatic nitrogens is 3. The molecule has 2 amide bonds. The van der Waals surface area contributed by atoms with E-state index in [9.17, 15) is 9.59 Å². The molecule has 146 valence electrons.